The smallest absolute Gasteiger partial charge is 0.320 e. The molecule has 1 aliphatic carbocycles. The lowest BCUT2D eigenvalue weighted by atomic mass is 10.1. The molecule has 0 unspecified atom stereocenters. The fourth-order valence-electron chi connectivity index (χ4n) is 2.10. The van der Waals surface area contributed by atoms with Crippen LogP contribution >= 0.6 is 0 Å². The lowest BCUT2D eigenvalue weighted by molar-refractivity contribution is -0.144. The summed E-state index contributed by atoms with van der Waals surface area (Å²) in [5, 5.41) is 3.98. The van der Waals surface area contributed by atoms with Gasteiger partial charge in [-0.1, -0.05) is 19.0 Å². The second-order valence-electron chi connectivity index (χ2n) is 5.64. The summed E-state index contributed by atoms with van der Waals surface area (Å²) in [7, 11) is 0. The molecule has 0 aliphatic heterocycles. The Labute approximate surface area is 119 Å². The number of ether oxygens (including phenoxy) is 1. The quantitative estimate of drug-likeness (QED) is 0.677. The van der Waals surface area contributed by atoms with E-state index in [4.69, 9.17) is 9.26 Å². The van der Waals surface area contributed by atoms with Crippen LogP contribution < -0.4 is 0 Å². The molecule has 2 rings (SSSR count). The molecule has 6 heteroatoms. The first-order valence-electron chi connectivity index (χ1n) is 7.29. The summed E-state index contributed by atoms with van der Waals surface area (Å²) in [6.45, 7) is 7.28. The average Bonchev–Trinajstić information content (AvgIpc) is 3.12. The largest absolute Gasteiger partial charge is 0.465 e. The van der Waals surface area contributed by atoms with E-state index >= 15 is 0 Å². The van der Waals surface area contributed by atoms with E-state index in [2.05, 4.69) is 28.9 Å². The third-order valence-electron chi connectivity index (χ3n) is 3.14. The molecule has 1 fully saturated rings. The maximum Gasteiger partial charge on any atom is 0.320 e. The van der Waals surface area contributed by atoms with Crippen LogP contribution in [0.5, 0.6) is 0 Å². The standard InChI is InChI=1S/C14H23N3O3/c1-4-19-14(18)9-17(11-5-6-11)8-13-15-12(16-20-13)7-10(2)3/h10-11H,4-9H2,1-3H3. The van der Waals surface area contributed by atoms with Crippen molar-refractivity contribution >= 4 is 5.97 Å². The zero-order chi connectivity index (χ0) is 14.5. The fraction of sp³-hybridized carbons (Fsp3) is 0.786. The zero-order valence-corrected chi connectivity index (χ0v) is 12.5. The average molecular weight is 281 g/mol. The fourth-order valence-corrected chi connectivity index (χ4v) is 2.10. The van der Waals surface area contributed by atoms with E-state index in [1.807, 2.05) is 6.92 Å². The molecule has 0 spiro atoms. The SMILES string of the molecule is CCOC(=O)CN(Cc1nc(CC(C)C)no1)C1CC1. The highest BCUT2D eigenvalue weighted by Gasteiger charge is 2.31. The lowest BCUT2D eigenvalue weighted by Gasteiger charge is -2.18. The van der Waals surface area contributed by atoms with Crippen LogP contribution in [0, 0.1) is 5.92 Å². The number of carbonyl (C=O) groups is 1. The van der Waals surface area contributed by atoms with Gasteiger partial charge in [-0.2, -0.15) is 4.98 Å². The monoisotopic (exact) mass is 281 g/mol. The molecule has 0 amide bonds. The summed E-state index contributed by atoms with van der Waals surface area (Å²) in [6, 6.07) is 0.444. The summed E-state index contributed by atoms with van der Waals surface area (Å²) < 4.78 is 10.3. The Balaban J connectivity index is 1.90. The van der Waals surface area contributed by atoms with E-state index in [0.29, 0.717) is 37.5 Å². The van der Waals surface area contributed by atoms with Crippen LogP contribution in [0.25, 0.3) is 0 Å². The first-order chi connectivity index (χ1) is 9.58. The maximum atomic E-state index is 11.6. The maximum absolute atomic E-state index is 11.6. The summed E-state index contributed by atoms with van der Waals surface area (Å²) in [5.41, 5.74) is 0. The highest BCUT2D eigenvalue weighted by atomic mass is 16.5. The van der Waals surface area contributed by atoms with Crippen LogP contribution in [0.1, 0.15) is 45.3 Å². The van der Waals surface area contributed by atoms with Crippen molar-refractivity contribution in [1.82, 2.24) is 15.0 Å². The Hall–Kier alpha value is -1.43. The van der Waals surface area contributed by atoms with Crippen molar-refractivity contribution in [3.8, 4) is 0 Å². The third-order valence-corrected chi connectivity index (χ3v) is 3.14. The topological polar surface area (TPSA) is 68.5 Å². The minimum Gasteiger partial charge on any atom is -0.465 e. The van der Waals surface area contributed by atoms with Gasteiger partial charge in [0.15, 0.2) is 5.82 Å². The van der Waals surface area contributed by atoms with Gasteiger partial charge in [0.05, 0.1) is 19.7 Å². The van der Waals surface area contributed by atoms with Gasteiger partial charge < -0.3 is 9.26 Å². The molecule has 0 saturated heterocycles. The van der Waals surface area contributed by atoms with E-state index in [1.54, 1.807) is 0 Å². The molecule has 20 heavy (non-hydrogen) atoms. The molecule has 112 valence electrons. The predicted octanol–water partition coefficient (Wildman–Crippen LogP) is 1.80. The van der Waals surface area contributed by atoms with Gasteiger partial charge in [-0.05, 0) is 25.7 Å². The second kappa shape index (κ2) is 6.83. The Morgan fingerprint density at radius 1 is 1.50 bits per heavy atom. The van der Waals surface area contributed by atoms with Crippen LogP contribution in [-0.4, -0.2) is 40.2 Å². The third kappa shape index (κ3) is 4.59. The molecule has 6 nitrogen and oxygen atoms in total. The van der Waals surface area contributed by atoms with E-state index < -0.39 is 0 Å². The number of nitrogens with zero attached hydrogens (tertiary/aromatic N) is 3. The molecule has 0 radical (unpaired) electrons. The lowest BCUT2D eigenvalue weighted by Crippen LogP contribution is -2.32. The molecule has 1 aliphatic rings. The number of carbonyl (C=O) groups excluding carboxylic acids is 1. The predicted molar refractivity (Wildman–Crippen MR) is 72.9 cm³/mol. The summed E-state index contributed by atoms with van der Waals surface area (Å²) in [4.78, 5) is 18.0. The Morgan fingerprint density at radius 3 is 2.85 bits per heavy atom. The molecule has 0 bridgehead atoms. The molecular formula is C14H23N3O3. The zero-order valence-electron chi connectivity index (χ0n) is 12.5. The molecule has 0 N–H and O–H groups in total. The molecule has 1 aromatic rings. The minimum atomic E-state index is -0.193. The molecule has 0 aromatic carbocycles. The number of hydrogen-bond donors (Lipinski definition) is 0. The van der Waals surface area contributed by atoms with Crippen molar-refractivity contribution in [3.63, 3.8) is 0 Å². The number of aromatic nitrogens is 2. The van der Waals surface area contributed by atoms with Crippen molar-refractivity contribution in [2.45, 2.75) is 52.6 Å². The molecule has 1 heterocycles. The molecular weight excluding hydrogens is 258 g/mol. The van der Waals surface area contributed by atoms with Crippen molar-refractivity contribution in [2.75, 3.05) is 13.2 Å². The number of esters is 1. The molecule has 1 saturated carbocycles. The minimum absolute atomic E-state index is 0.193. The van der Waals surface area contributed by atoms with Crippen LogP contribution in [0.3, 0.4) is 0 Å². The Morgan fingerprint density at radius 2 is 2.25 bits per heavy atom. The molecule has 1 aromatic heterocycles. The number of rotatable bonds is 8. The summed E-state index contributed by atoms with van der Waals surface area (Å²) >= 11 is 0. The first-order valence-corrected chi connectivity index (χ1v) is 7.29. The van der Waals surface area contributed by atoms with Gasteiger partial charge in [-0.3, -0.25) is 9.69 Å². The second-order valence-corrected chi connectivity index (χ2v) is 5.64. The van der Waals surface area contributed by atoms with E-state index in [0.717, 1.165) is 25.1 Å². The van der Waals surface area contributed by atoms with Crippen molar-refractivity contribution < 1.29 is 14.1 Å². The highest BCUT2D eigenvalue weighted by Crippen LogP contribution is 2.27. The highest BCUT2D eigenvalue weighted by molar-refractivity contribution is 5.71. The van der Waals surface area contributed by atoms with Crippen molar-refractivity contribution in [2.24, 2.45) is 5.92 Å². The van der Waals surface area contributed by atoms with E-state index in [-0.39, 0.29) is 5.97 Å². The van der Waals surface area contributed by atoms with E-state index in [9.17, 15) is 4.79 Å². The Bertz CT molecular complexity index is 441. The van der Waals surface area contributed by atoms with Crippen LogP contribution in [0.15, 0.2) is 4.52 Å². The van der Waals surface area contributed by atoms with Gasteiger partial charge in [0.2, 0.25) is 5.89 Å². The van der Waals surface area contributed by atoms with Gasteiger partial charge >= 0.3 is 5.97 Å². The summed E-state index contributed by atoms with van der Waals surface area (Å²) in [6.07, 6.45) is 3.05. The molecule has 0 atom stereocenters. The van der Waals surface area contributed by atoms with Gasteiger partial charge in [-0.15, -0.1) is 0 Å². The van der Waals surface area contributed by atoms with Gasteiger partial charge in [-0.25, -0.2) is 0 Å². The first kappa shape index (κ1) is 15.0. The van der Waals surface area contributed by atoms with Crippen LogP contribution in [0.2, 0.25) is 0 Å². The van der Waals surface area contributed by atoms with Crippen molar-refractivity contribution in [3.05, 3.63) is 11.7 Å². The number of hydrogen-bond acceptors (Lipinski definition) is 6. The Kier molecular flexibility index (Phi) is 5.11. The van der Waals surface area contributed by atoms with Gasteiger partial charge in [0, 0.05) is 12.5 Å². The van der Waals surface area contributed by atoms with Crippen molar-refractivity contribution in [1.29, 1.82) is 0 Å². The van der Waals surface area contributed by atoms with Crippen LogP contribution in [-0.2, 0) is 22.5 Å². The van der Waals surface area contributed by atoms with Gasteiger partial charge in [0.1, 0.15) is 0 Å². The van der Waals surface area contributed by atoms with Crippen LogP contribution in [0.4, 0.5) is 0 Å². The van der Waals surface area contributed by atoms with Gasteiger partial charge in [0.25, 0.3) is 0 Å². The summed E-state index contributed by atoms with van der Waals surface area (Å²) in [5.74, 6) is 1.62. The normalized spacial score (nSPS) is 15.1. The van der Waals surface area contributed by atoms with E-state index in [1.165, 1.54) is 0 Å².